The Morgan fingerprint density at radius 3 is 2.71 bits per heavy atom. The van der Waals surface area contributed by atoms with Gasteiger partial charge in [-0.1, -0.05) is 24.3 Å². The number of benzene rings is 1. The highest BCUT2D eigenvalue weighted by molar-refractivity contribution is 5.77. The van der Waals surface area contributed by atoms with Crippen LogP contribution in [0.4, 0.5) is 0 Å². The van der Waals surface area contributed by atoms with Crippen LogP contribution in [0.3, 0.4) is 0 Å². The van der Waals surface area contributed by atoms with Crippen molar-refractivity contribution in [3.8, 4) is 0 Å². The average Bonchev–Trinajstić information content (AvgIpc) is 2.61. The fourth-order valence-electron chi connectivity index (χ4n) is 2.26. The van der Waals surface area contributed by atoms with Crippen molar-refractivity contribution < 1.29 is 9.53 Å². The van der Waals surface area contributed by atoms with Crippen molar-refractivity contribution in [2.75, 3.05) is 7.05 Å². The highest BCUT2D eigenvalue weighted by Crippen LogP contribution is 2.21. The molecule has 92 valence electrons. The molecule has 0 aliphatic carbocycles. The number of aryl methyl sites for hydroxylation is 1. The first-order valence-electron chi connectivity index (χ1n) is 6.03. The Kier molecular flexibility index (Phi) is 3.48. The maximum Gasteiger partial charge on any atom is 0.323 e. The van der Waals surface area contributed by atoms with E-state index in [9.17, 15) is 4.79 Å². The number of rotatable bonds is 3. The van der Waals surface area contributed by atoms with E-state index in [1.807, 2.05) is 26.1 Å². The first kappa shape index (κ1) is 12.1. The normalized spacial score (nSPS) is 24.1. The molecule has 0 saturated carbocycles. The molecular weight excluding hydrogens is 214 g/mol. The molecule has 0 aromatic heterocycles. The lowest BCUT2D eigenvalue weighted by Crippen LogP contribution is -2.34. The molecule has 2 atom stereocenters. The molecule has 0 amide bonds. The summed E-state index contributed by atoms with van der Waals surface area (Å²) in [6, 6.07) is 8.18. The number of hydrogen-bond donors (Lipinski definition) is 0. The van der Waals surface area contributed by atoms with E-state index in [1.54, 1.807) is 0 Å². The van der Waals surface area contributed by atoms with Crippen molar-refractivity contribution in [1.82, 2.24) is 4.90 Å². The molecule has 0 spiro atoms. The quantitative estimate of drug-likeness (QED) is 0.749. The Bertz CT molecular complexity index is 416. The van der Waals surface area contributed by atoms with Gasteiger partial charge in [0.15, 0.2) is 0 Å². The maximum absolute atomic E-state index is 11.6. The van der Waals surface area contributed by atoms with Crippen LogP contribution in [-0.4, -0.2) is 30.1 Å². The van der Waals surface area contributed by atoms with Gasteiger partial charge < -0.3 is 4.74 Å². The van der Waals surface area contributed by atoms with Gasteiger partial charge in [0.2, 0.25) is 0 Å². The van der Waals surface area contributed by atoms with Gasteiger partial charge in [-0.3, -0.25) is 9.69 Å². The second-order valence-electron chi connectivity index (χ2n) is 4.84. The monoisotopic (exact) mass is 233 g/mol. The Morgan fingerprint density at radius 2 is 2.12 bits per heavy atom. The number of nitrogens with zero attached hydrogens (tertiary/aromatic N) is 1. The summed E-state index contributed by atoms with van der Waals surface area (Å²) in [5.41, 5.74) is 2.53. The second kappa shape index (κ2) is 4.88. The largest absolute Gasteiger partial charge is 0.461 e. The molecule has 3 nitrogen and oxygen atoms in total. The van der Waals surface area contributed by atoms with Crippen molar-refractivity contribution in [1.29, 1.82) is 0 Å². The second-order valence-corrected chi connectivity index (χ2v) is 4.84. The fourth-order valence-corrected chi connectivity index (χ4v) is 2.26. The minimum Gasteiger partial charge on any atom is -0.461 e. The van der Waals surface area contributed by atoms with Gasteiger partial charge in [0, 0.05) is 13.0 Å². The lowest BCUT2D eigenvalue weighted by molar-refractivity contribution is -0.144. The van der Waals surface area contributed by atoms with Gasteiger partial charge in [-0.05, 0) is 32.0 Å². The summed E-state index contributed by atoms with van der Waals surface area (Å²) in [5.74, 6) is -0.0893. The fraction of sp³-hybridized carbons (Fsp3) is 0.500. The van der Waals surface area contributed by atoms with Crippen LogP contribution in [-0.2, 0) is 16.1 Å². The zero-order chi connectivity index (χ0) is 12.4. The highest BCUT2D eigenvalue weighted by Gasteiger charge is 2.34. The molecule has 1 aromatic rings. The van der Waals surface area contributed by atoms with Crippen LogP contribution < -0.4 is 0 Å². The molecule has 0 radical (unpaired) electrons. The molecule has 1 aromatic carbocycles. The summed E-state index contributed by atoms with van der Waals surface area (Å²) in [4.78, 5) is 13.7. The van der Waals surface area contributed by atoms with Crippen molar-refractivity contribution in [3.05, 3.63) is 35.4 Å². The molecule has 0 unspecified atom stereocenters. The van der Waals surface area contributed by atoms with Crippen molar-refractivity contribution in [2.24, 2.45) is 0 Å². The molecule has 3 heteroatoms. The van der Waals surface area contributed by atoms with Crippen molar-refractivity contribution in [3.63, 3.8) is 0 Å². The van der Waals surface area contributed by atoms with Gasteiger partial charge in [-0.2, -0.15) is 0 Å². The molecule has 0 N–H and O–H groups in total. The average molecular weight is 233 g/mol. The molecule has 1 aliphatic rings. The van der Waals surface area contributed by atoms with Crippen LogP contribution in [0.25, 0.3) is 0 Å². The van der Waals surface area contributed by atoms with Gasteiger partial charge in [0.25, 0.3) is 0 Å². The molecule has 17 heavy (non-hydrogen) atoms. The van der Waals surface area contributed by atoms with E-state index < -0.39 is 0 Å². The highest BCUT2D eigenvalue weighted by atomic mass is 16.6. The number of cyclic esters (lactones) is 1. The van der Waals surface area contributed by atoms with E-state index in [2.05, 4.69) is 24.0 Å². The zero-order valence-electron chi connectivity index (χ0n) is 10.6. The van der Waals surface area contributed by atoms with Crippen LogP contribution in [0.2, 0.25) is 0 Å². The number of likely N-dealkylation sites (N-methyl/N-ethyl adjacent to an activating group) is 1. The van der Waals surface area contributed by atoms with E-state index in [0.29, 0.717) is 0 Å². The predicted molar refractivity (Wildman–Crippen MR) is 66.6 cm³/mol. The lowest BCUT2D eigenvalue weighted by Gasteiger charge is -2.21. The van der Waals surface area contributed by atoms with Crippen LogP contribution in [0.15, 0.2) is 24.3 Å². The number of hydrogen-bond acceptors (Lipinski definition) is 3. The summed E-state index contributed by atoms with van der Waals surface area (Å²) < 4.78 is 5.18. The summed E-state index contributed by atoms with van der Waals surface area (Å²) in [6.45, 7) is 4.83. The summed E-state index contributed by atoms with van der Waals surface area (Å²) in [7, 11) is 1.98. The van der Waals surface area contributed by atoms with Gasteiger partial charge >= 0.3 is 5.97 Å². The SMILES string of the molecule is Cc1ccccc1CN(C)[C@@H]1C[C@H](C)OC1=O. The summed E-state index contributed by atoms with van der Waals surface area (Å²) in [6.07, 6.45) is 0.841. The number of carbonyl (C=O) groups excluding carboxylic acids is 1. The summed E-state index contributed by atoms with van der Waals surface area (Å²) in [5, 5.41) is 0. The van der Waals surface area contributed by atoms with E-state index in [1.165, 1.54) is 11.1 Å². The van der Waals surface area contributed by atoms with Crippen LogP contribution >= 0.6 is 0 Å². The van der Waals surface area contributed by atoms with E-state index in [-0.39, 0.29) is 18.1 Å². The third kappa shape index (κ3) is 2.67. The number of carbonyl (C=O) groups is 1. The summed E-state index contributed by atoms with van der Waals surface area (Å²) >= 11 is 0. The Balaban J connectivity index is 2.05. The Hall–Kier alpha value is -1.35. The van der Waals surface area contributed by atoms with Crippen molar-refractivity contribution in [2.45, 2.75) is 39.0 Å². The molecule has 1 heterocycles. The standard InChI is InChI=1S/C14H19NO2/c1-10-6-4-5-7-12(10)9-15(3)13-8-11(2)17-14(13)16/h4-7,11,13H,8-9H2,1-3H3/t11-,13+/m0/s1. The van der Waals surface area contributed by atoms with Crippen LogP contribution in [0, 0.1) is 6.92 Å². The first-order valence-corrected chi connectivity index (χ1v) is 6.03. The number of ether oxygens (including phenoxy) is 1. The van der Waals surface area contributed by atoms with E-state index >= 15 is 0 Å². The van der Waals surface area contributed by atoms with E-state index in [4.69, 9.17) is 4.74 Å². The minimum atomic E-state index is -0.0930. The van der Waals surface area contributed by atoms with Crippen molar-refractivity contribution >= 4 is 5.97 Å². The smallest absolute Gasteiger partial charge is 0.323 e. The van der Waals surface area contributed by atoms with Crippen LogP contribution in [0.1, 0.15) is 24.5 Å². The molecule has 1 fully saturated rings. The maximum atomic E-state index is 11.6. The molecular formula is C14H19NO2. The van der Waals surface area contributed by atoms with Gasteiger partial charge in [-0.15, -0.1) is 0 Å². The molecule has 1 saturated heterocycles. The van der Waals surface area contributed by atoms with Gasteiger partial charge in [0.1, 0.15) is 12.1 Å². The van der Waals surface area contributed by atoms with Gasteiger partial charge in [-0.25, -0.2) is 0 Å². The van der Waals surface area contributed by atoms with E-state index in [0.717, 1.165) is 13.0 Å². The zero-order valence-corrected chi connectivity index (χ0v) is 10.6. The third-order valence-electron chi connectivity index (χ3n) is 3.36. The van der Waals surface area contributed by atoms with Crippen LogP contribution in [0.5, 0.6) is 0 Å². The topological polar surface area (TPSA) is 29.5 Å². The predicted octanol–water partition coefficient (Wildman–Crippen LogP) is 2.13. The molecule has 2 rings (SSSR count). The number of esters is 1. The lowest BCUT2D eigenvalue weighted by atomic mass is 10.1. The molecule has 0 bridgehead atoms. The Labute approximate surface area is 102 Å². The minimum absolute atomic E-state index is 0.0480. The molecule has 1 aliphatic heterocycles. The third-order valence-corrected chi connectivity index (χ3v) is 3.36. The Morgan fingerprint density at radius 1 is 1.41 bits per heavy atom. The van der Waals surface area contributed by atoms with Gasteiger partial charge in [0.05, 0.1) is 0 Å². The first-order chi connectivity index (χ1) is 8.08.